The van der Waals surface area contributed by atoms with E-state index < -0.39 is 6.10 Å². The molecule has 1 aliphatic heterocycles. The number of likely N-dealkylation sites (N-methyl/N-ethyl adjacent to an activating group) is 1. The molecule has 2 rings (SSSR count). The summed E-state index contributed by atoms with van der Waals surface area (Å²) >= 11 is 0. The lowest BCUT2D eigenvalue weighted by molar-refractivity contribution is 0.0787. The number of hydrogen-bond donors (Lipinski definition) is 1. The fraction of sp³-hybridized carbons (Fsp3) is 0.643. The summed E-state index contributed by atoms with van der Waals surface area (Å²) in [5.74, 6) is 0. The van der Waals surface area contributed by atoms with Gasteiger partial charge < -0.3 is 14.9 Å². The fourth-order valence-electron chi connectivity index (χ4n) is 2.54. The minimum Gasteiger partial charge on any atom is -0.387 e. The first kappa shape index (κ1) is 13.5. The molecule has 1 aromatic rings. The quantitative estimate of drug-likeness (QED) is 0.868. The maximum absolute atomic E-state index is 10.2. The maximum atomic E-state index is 10.2. The van der Waals surface area contributed by atoms with Gasteiger partial charge in [-0.2, -0.15) is 0 Å². The van der Waals surface area contributed by atoms with Crippen molar-refractivity contribution in [3.05, 3.63) is 30.1 Å². The third kappa shape index (κ3) is 3.51. The number of piperidine rings is 1. The molecule has 1 fully saturated rings. The number of aliphatic hydroxyl groups is 1. The Bertz CT molecular complexity index is 349. The Labute approximate surface area is 109 Å². The Hall–Kier alpha value is -0.970. The van der Waals surface area contributed by atoms with Crippen molar-refractivity contribution in [2.45, 2.75) is 25.0 Å². The molecule has 1 N–H and O–H groups in total. The van der Waals surface area contributed by atoms with Gasteiger partial charge in [0.2, 0.25) is 0 Å². The highest BCUT2D eigenvalue weighted by atomic mass is 16.3. The molecule has 0 amide bonds. The van der Waals surface area contributed by atoms with E-state index in [9.17, 15) is 5.11 Å². The van der Waals surface area contributed by atoms with Crippen LogP contribution in [-0.4, -0.2) is 59.7 Å². The van der Waals surface area contributed by atoms with Crippen LogP contribution in [0.1, 0.15) is 24.5 Å². The second-order valence-corrected chi connectivity index (χ2v) is 5.28. The zero-order valence-electron chi connectivity index (χ0n) is 11.3. The number of pyridine rings is 1. The Balaban J connectivity index is 1.85. The van der Waals surface area contributed by atoms with Crippen LogP contribution in [0.5, 0.6) is 0 Å². The van der Waals surface area contributed by atoms with Gasteiger partial charge in [0.1, 0.15) is 0 Å². The van der Waals surface area contributed by atoms with E-state index in [1.807, 2.05) is 12.1 Å². The van der Waals surface area contributed by atoms with Crippen LogP contribution in [-0.2, 0) is 0 Å². The molecule has 18 heavy (non-hydrogen) atoms. The second-order valence-electron chi connectivity index (χ2n) is 5.28. The van der Waals surface area contributed by atoms with Crippen molar-refractivity contribution in [1.82, 2.24) is 14.8 Å². The zero-order valence-corrected chi connectivity index (χ0v) is 11.3. The summed E-state index contributed by atoms with van der Waals surface area (Å²) in [6.45, 7) is 2.98. The van der Waals surface area contributed by atoms with Gasteiger partial charge in [-0.05, 0) is 46.1 Å². The third-order valence-electron chi connectivity index (χ3n) is 3.84. The van der Waals surface area contributed by atoms with E-state index in [4.69, 9.17) is 0 Å². The summed E-state index contributed by atoms with van der Waals surface area (Å²) in [5, 5.41) is 10.2. The smallest absolute Gasteiger partial charge is 0.0931 e. The van der Waals surface area contributed by atoms with E-state index >= 15 is 0 Å². The molecule has 1 atom stereocenters. The normalized spacial score (nSPS) is 20.2. The lowest BCUT2D eigenvalue weighted by Crippen LogP contribution is -2.43. The highest BCUT2D eigenvalue weighted by Gasteiger charge is 2.22. The Morgan fingerprint density at radius 3 is 2.83 bits per heavy atom. The summed E-state index contributed by atoms with van der Waals surface area (Å²) in [5.41, 5.74) is 0.900. The SMILES string of the molecule is CN1CCC(N(C)CC(O)c2cccnc2)CC1. The number of aliphatic hydroxyl groups excluding tert-OH is 1. The molecule has 4 heteroatoms. The van der Waals surface area contributed by atoms with Gasteiger partial charge in [-0.15, -0.1) is 0 Å². The van der Waals surface area contributed by atoms with Crippen molar-refractivity contribution in [2.24, 2.45) is 0 Å². The number of likely N-dealkylation sites (tertiary alicyclic amines) is 1. The average molecular weight is 249 g/mol. The molecule has 0 saturated carbocycles. The Morgan fingerprint density at radius 1 is 1.50 bits per heavy atom. The molecule has 0 aromatic carbocycles. The van der Waals surface area contributed by atoms with E-state index in [-0.39, 0.29) is 0 Å². The van der Waals surface area contributed by atoms with Crippen LogP contribution in [0, 0.1) is 0 Å². The van der Waals surface area contributed by atoms with Crippen LogP contribution in [0.15, 0.2) is 24.5 Å². The van der Waals surface area contributed by atoms with E-state index in [0.717, 1.165) is 18.7 Å². The number of rotatable bonds is 4. The first-order valence-electron chi connectivity index (χ1n) is 6.63. The Morgan fingerprint density at radius 2 is 2.22 bits per heavy atom. The van der Waals surface area contributed by atoms with E-state index in [0.29, 0.717) is 12.6 Å². The standard InChI is InChI=1S/C14H23N3O/c1-16-8-5-13(6-9-16)17(2)11-14(18)12-4-3-7-15-10-12/h3-4,7,10,13-14,18H,5-6,8-9,11H2,1-2H3. The molecule has 0 radical (unpaired) electrons. The summed E-state index contributed by atoms with van der Waals surface area (Å²) in [7, 11) is 4.27. The molecule has 1 unspecified atom stereocenters. The maximum Gasteiger partial charge on any atom is 0.0931 e. The number of aromatic nitrogens is 1. The molecule has 1 aromatic heterocycles. The van der Waals surface area contributed by atoms with Gasteiger partial charge in [0.25, 0.3) is 0 Å². The molecule has 0 bridgehead atoms. The van der Waals surface area contributed by atoms with Crippen LogP contribution in [0.2, 0.25) is 0 Å². The van der Waals surface area contributed by atoms with Crippen LogP contribution in [0.25, 0.3) is 0 Å². The van der Waals surface area contributed by atoms with Gasteiger partial charge in [0.15, 0.2) is 0 Å². The zero-order chi connectivity index (χ0) is 13.0. The second kappa shape index (κ2) is 6.27. The van der Waals surface area contributed by atoms with E-state index in [2.05, 4.69) is 28.9 Å². The summed E-state index contributed by atoms with van der Waals surface area (Å²) in [6, 6.07) is 4.39. The minimum atomic E-state index is -0.441. The average Bonchev–Trinajstić information content (AvgIpc) is 2.40. The van der Waals surface area contributed by atoms with Crippen molar-refractivity contribution < 1.29 is 5.11 Å². The van der Waals surface area contributed by atoms with Crippen LogP contribution in [0.3, 0.4) is 0 Å². The van der Waals surface area contributed by atoms with Crippen molar-refractivity contribution in [2.75, 3.05) is 33.7 Å². The summed E-state index contributed by atoms with van der Waals surface area (Å²) in [4.78, 5) is 8.70. The topological polar surface area (TPSA) is 39.6 Å². The molecule has 4 nitrogen and oxygen atoms in total. The van der Waals surface area contributed by atoms with Crippen molar-refractivity contribution in [3.63, 3.8) is 0 Å². The highest BCUT2D eigenvalue weighted by Crippen LogP contribution is 2.18. The lowest BCUT2D eigenvalue weighted by atomic mass is 10.0. The van der Waals surface area contributed by atoms with Gasteiger partial charge in [0.05, 0.1) is 6.10 Å². The van der Waals surface area contributed by atoms with Crippen LogP contribution < -0.4 is 0 Å². The van der Waals surface area contributed by atoms with Crippen LogP contribution >= 0.6 is 0 Å². The van der Waals surface area contributed by atoms with Gasteiger partial charge in [-0.25, -0.2) is 0 Å². The fourth-order valence-corrected chi connectivity index (χ4v) is 2.54. The first-order chi connectivity index (χ1) is 8.66. The predicted octanol–water partition coefficient (Wildman–Crippen LogP) is 1.14. The molecule has 100 valence electrons. The van der Waals surface area contributed by atoms with Crippen molar-refractivity contribution in [3.8, 4) is 0 Å². The van der Waals surface area contributed by atoms with Gasteiger partial charge in [0, 0.05) is 30.5 Å². The molecule has 0 spiro atoms. The summed E-state index contributed by atoms with van der Waals surface area (Å²) in [6.07, 6.45) is 5.41. The predicted molar refractivity (Wildman–Crippen MR) is 72.3 cm³/mol. The molecule has 0 aliphatic carbocycles. The molecule has 1 saturated heterocycles. The summed E-state index contributed by atoms with van der Waals surface area (Å²) < 4.78 is 0. The highest BCUT2D eigenvalue weighted by molar-refractivity contribution is 5.12. The van der Waals surface area contributed by atoms with Gasteiger partial charge in [-0.1, -0.05) is 6.07 Å². The van der Waals surface area contributed by atoms with Crippen LogP contribution in [0.4, 0.5) is 0 Å². The largest absolute Gasteiger partial charge is 0.387 e. The molecular weight excluding hydrogens is 226 g/mol. The first-order valence-corrected chi connectivity index (χ1v) is 6.63. The number of hydrogen-bond acceptors (Lipinski definition) is 4. The lowest BCUT2D eigenvalue weighted by Gasteiger charge is -2.36. The third-order valence-corrected chi connectivity index (χ3v) is 3.84. The number of nitrogens with zero attached hydrogens (tertiary/aromatic N) is 3. The Kier molecular flexibility index (Phi) is 4.69. The molecule has 1 aliphatic rings. The van der Waals surface area contributed by atoms with E-state index in [1.54, 1.807) is 12.4 Å². The minimum absolute atomic E-state index is 0.441. The molecular formula is C14H23N3O. The monoisotopic (exact) mass is 249 g/mol. The van der Waals surface area contributed by atoms with Crippen molar-refractivity contribution >= 4 is 0 Å². The molecule has 2 heterocycles. The van der Waals surface area contributed by atoms with Gasteiger partial charge in [-0.3, -0.25) is 4.98 Å². The van der Waals surface area contributed by atoms with Gasteiger partial charge >= 0.3 is 0 Å². The van der Waals surface area contributed by atoms with E-state index in [1.165, 1.54) is 12.8 Å². The van der Waals surface area contributed by atoms with Crippen molar-refractivity contribution in [1.29, 1.82) is 0 Å².